The highest BCUT2D eigenvalue weighted by Crippen LogP contribution is 2.48. The van der Waals surface area contributed by atoms with Crippen molar-refractivity contribution in [1.29, 1.82) is 0 Å². The van der Waals surface area contributed by atoms with E-state index >= 15 is 0 Å². The number of piperidine rings is 1. The molecule has 0 aromatic heterocycles. The summed E-state index contributed by atoms with van der Waals surface area (Å²) >= 11 is 0. The van der Waals surface area contributed by atoms with Crippen molar-refractivity contribution < 1.29 is 9.90 Å². The average molecular weight is 400 g/mol. The number of hydrogen-bond donors (Lipinski definition) is 1. The first-order chi connectivity index (χ1) is 13.9. The molecule has 5 nitrogen and oxygen atoms in total. The van der Waals surface area contributed by atoms with Crippen LogP contribution >= 0.6 is 0 Å². The Morgan fingerprint density at radius 1 is 0.931 bits per heavy atom. The molecule has 29 heavy (non-hydrogen) atoms. The summed E-state index contributed by atoms with van der Waals surface area (Å²) in [4.78, 5) is 19.8. The Hall–Kier alpha value is -1.43. The van der Waals surface area contributed by atoms with Gasteiger partial charge in [-0.05, 0) is 69.5 Å². The molecule has 1 aromatic carbocycles. The average Bonchev–Trinajstić information content (AvgIpc) is 2.73. The van der Waals surface area contributed by atoms with E-state index in [1.54, 1.807) is 0 Å². The highest BCUT2D eigenvalue weighted by atomic mass is 16.3. The predicted octanol–water partition coefficient (Wildman–Crippen LogP) is 2.77. The largest absolute Gasteiger partial charge is 0.389 e. The van der Waals surface area contributed by atoms with Gasteiger partial charge in [0.05, 0.1) is 5.60 Å². The first-order valence-electron chi connectivity index (χ1n) is 11.4. The lowest BCUT2D eigenvalue weighted by Gasteiger charge is -2.49. The summed E-state index contributed by atoms with van der Waals surface area (Å²) in [7, 11) is 2.17. The smallest absolute Gasteiger partial charge is 0.254 e. The summed E-state index contributed by atoms with van der Waals surface area (Å²) in [6.45, 7) is 8.89. The van der Waals surface area contributed by atoms with Crippen LogP contribution in [-0.4, -0.2) is 84.2 Å². The molecule has 3 aliphatic rings. The van der Waals surface area contributed by atoms with Crippen LogP contribution < -0.4 is 0 Å². The number of hydrogen-bond acceptors (Lipinski definition) is 4. The van der Waals surface area contributed by atoms with Crippen LogP contribution in [-0.2, 0) is 0 Å². The first kappa shape index (κ1) is 20.8. The summed E-state index contributed by atoms with van der Waals surface area (Å²) in [5.41, 5.74) is 1.71. The molecule has 0 unspecified atom stereocenters. The van der Waals surface area contributed by atoms with Crippen LogP contribution in [0, 0.1) is 12.3 Å². The van der Waals surface area contributed by atoms with Gasteiger partial charge in [0, 0.05) is 51.4 Å². The number of piperazine rings is 1. The van der Waals surface area contributed by atoms with Gasteiger partial charge in [-0.25, -0.2) is 0 Å². The minimum absolute atomic E-state index is 0.181. The fourth-order valence-corrected chi connectivity index (χ4v) is 5.49. The maximum Gasteiger partial charge on any atom is 0.254 e. The monoisotopic (exact) mass is 399 g/mol. The molecule has 1 aliphatic carbocycles. The number of amides is 1. The Bertz CT molecular complexity index is 709. The van der Waals surface area contributed by atoms with Gasteiger partial charge in [0.1, 0.15) is 0 Å². The summed E-state index contributed by atoms with van der Waals surface area (Å²) in [5, 5.41) is 11.2. The summed E-state index contributed by atoms with van der Waals surface area (Å²) in [6.07, 6.45) is 6.17. The molecule has 1 aromatic rings. The fraction of sp³-hybridized carbons (Fsp3) is 0.708. The molecule has 1 amide bonds. The Morgan fingerprint density at radius 2 is 1.55 bits per heavy atom. The molecule has 3 fully saturated rings. The Kier molecular flexibility index (Phi) is 6.01. The quantitative estimate of drug-likeness (QED) is 0.849. The van der Waals surface area contributed by atoms with Gasteiger partial charge in [-0.3, -0.25) is 9.69 Å². The lowest BCUT2D eigenvalue weighted by atomic mass is 9.64. The van der Waals surface area contributed by atoms with E-state index in [9.17, 15) is 9.90 Å². The molecule has 0 radical (unpaired) electrons. The van der Waals surface area contributed by atoms with E-state index in [0.29, 0.717) is 5.41 Å². The van der Waals surface area contributed by atoms with E-state index in [0.717, 1.165) is 95.5 Å². The third kappa shape index (κ3) is 4.68. The second kappa shape index (κ2) is 8.37. The van der Waals surface area contributed by atoms with E-state index < -0.39 is 5.60 Å². The van der Waals surface area contributed by atoms with Gasteiger partial charge in [-0.2, -0.15) is 0 Å². The van der Waals surface area contributed by atoms with Crippen molar-refractivity contribution in [2.24, 2.45) is 5.41 Å². The van der Waals surface area contributed by atoms with Gasteiger partial charge in [0.2, 0.25) is 0 Å². The molecule has 5 heteroatoms. The Balaban J connectivity index is 1.29. The maximum absolute atomic E-state index is 12.9. The van der Waals surface area contributed by atoms with Gasteiger partial charge in [-0.1, -0.05) is 18.2 Å². The van der Waals surface area contributed by atoms with Crippen LogP contribution in [0.5, 0.6) is 0 Å². The van der Waals surface area contributed by atoms with Crippen molar-refractivity contribution in [1.82, 2.24) is 14.7 Å². The highest BCUT2D eigenvalue weighted by Gasteiger charge is 2.44. The zero-order valence-corrected chi connectivity index (χ0v) is 18.2. The fourth-order valence-electron chi connectivity index (χ4n) is 5.49. The van der Waals surface area contributed by atoms with E-state index in [-0.39, 0.29) is 5.91 Å². The molecule has 1 saturated carbocycles. The molecule has 1 spiro atoms. The number of likely N-dealkylation sites (N-methyl/N-ethyl adjacent to an activating group) is 1. The van der Waals surface area contributed by atoms with E-state index in [4.69, 9.17) is 0 Å². The molecule has 1 N–H and O–H groups in total. The van der Waals surface area contributed by atoms with E-state index in [1.807, 2.05) is 36.1 Å². The molecule has 0 bridgehead atoms. The number of nitrogens with zero attached hydrogens (tertiary/aromatic N) is 3. The number of benzene rings is 1. The molecule has 0 atom stereocenters. The minimum Gasteiger partial charge on any atom is -0.389 e. The number of β-amino-alcohol motifs (C(OH)–C–C–N with tert-alkyl or cyclic N) is 1. The molecular weight excluding hydrogens is 362 g/mol. The van der Waals surface area contributed by atoms with E-state index in [1.165, 1.54) is 0 Å². The van der Waals surface area contributed by atoms with Crippen LogP contribution in [0.4, 0.5) is 0 Å². The second-order valence-electron chi connectivity index (χ2n) is 9.91. The predicted molar refractivity (Wildman–Crippen MR) is 116 cm³/mol. The number of likely N-dealkylation sites (tertiary alicyclic amines) is 1. The molecule has 2 heterocycles. The number of carbonyl (C=O) groups excluding carboxylic acids is 1. The highest BCUT2D eigenvalue weighted by molar-refractivity contribution is 5.95. The Morgan fingerprint density at radius 3 is 2.17 bits per heavy atom. The van der Waals surface area contributed by atoms with Crippen molar-refractivity contribution in [2.75, 3.05) is 52.9 Å². The zero-order valence-electron chi connectivity index (χ0n) is 18.2. The van der Waals surface area contributed by atoms with Gasteiger partial charge >= 0.3 is 0 Å². The van der Waals surface area contributed by atoms with Crippen LogP contribution in [0.15, 0.2) is 24.3 Å². The normalized spacial score (nSPS) is 25.3. The Labute approximate surface area is 175 Å². The van der Waals surface area contributed by atoms with Crippen molar-refractivity contribution in [3.8, 4) is 0 Å². The number of aliphatic hydroxyl groups is 1. The van der Waals surface area contributed by atoms with Gasteiger partial charge in [0.15, 0.2) is 0 Å². The standard InChI is InChI=1S/C24H37N3O2/c1-20-5-3-4-6-21(20)22(28)27-13-11-23(12-14-27)7-9-24(29,10-8-23)19-26-17-15-25(2)16-18-26/h3-6,29H,7-19H2,1-2H3. The van der Waals surface area contributed by atoms with Gasteiger partial charge < -0.3 is 14.9 Å². The summed E-state index contributed by atoms with van der Waals surface area (Å²) < 4.78 is 0. The number of aryl methyl sites for hydroxylation is 1. The van der Waals surface area contributed by atoms with Crippen LogP contribution in [0.25, 0.3) is 0 Å². The van der Waals surface area contributed by atoms with Crippen LogP contribution in [0.3, 0.4) is 0 Å². The molecule has 2 saturated heterocycles. The van der Waals surface area contributed by atoms with Crippen molar-refractivity contribution in [2.45, 2.75) is 51.0 Å². The number of rotatable bonds is 3. The van der Waals surface area contributed by atoms with Gasteiger partial charge in [0.25, 0.3) is 5.91 Å². The molecule has 160 valence electrons. The summed E-state index contributed by atoms with van der Waals surface area (Å²) in [5.74, 6) is 0.181. The topological polar surface area (TPSA) is 47.0 Å². The van der Waals surface area contributed by atoms with Crippen LogP contribution in [0.2, 0.25) is 0 Å². The molecular formula is C24H37N3O2. The molecule has 4 rings (SSSR count). The SMILES string of the molecule is Cc1ccccc1C(=O)N1CCC2(CC1)CCC(O)(CN1CCN(C)CC1)CC2. The maximum atomic E-state index is 12.9. The zero-order chi connectivity index (χ0) is 20.5. The van der Waals surface area contributed by atoms with Crippen molar-refractivity contribution in [3.63, 3.8) is 0 Å². The number of carbonyl (C=O) groups is 1. The van der Waals surface area contributed by atoms with Gasteiger partial charge in [-0.15, -0.1) is 0 Å². The lowest BCUT2D eigenvalue weighted by molar-refractivity contribution is -0.0718. The lowest BCUT2D eigenvalue weighted by Crippen LogP contribution is -2.54. The first-order valence-corrected chi connectivity index (χ1v) is 11.4. The van der Waals surface area contributed by atoms with Crippen molar-refractivity contribution >= 4 is 5.91 Å². The minimum atomic E-state index is -0.519. The van der Waals surface area contributed by atoms with E-state index in [2.05, 4.69) is 16.8 Å². The second-order valence-corrected chi connectivity index (χ2v) is 9.91. The van der Waals surface area contributed by atoms with Crippen LogP contribution in [0.1, 0.15) is 54.4 Å². The third-order valence-electron chi connectivity index (χ3n) is 7.84. The van der Waals surface area contributed by atoms with Crippen molar-refractivity contribution in [3.05, 3.63) is 35.4 Å². The molecule has 2 aliphatic heterocycles. The third-order valence-corrected chi connectivity index (χ3v) is 7.84. The summed E-state index contributed by atoms with van der Waals surface area (Å²) in [6, 6.07) is 7.90.